The Morgan fingerprint density at radius 2 is 2.00 bits per heavy atom. The van der Waals surface area contributed by atoms with Crippen LogP contribution in [0.3, 0.4) is 0 Å². The number of rotatable bonds is 3. The maximum Gasteiger partial charge on any atom is 0.255 e. The number of halogens is 1. The second kappa shape index (κ2) is 7.51. The molecular weight excluding hydrogens is 442 g/mol. The zero-order valence-electron chi connectivity index (χ0n) is 16.7. The molecule has 6 rings (SSSR count). The molecule has 1 aliphatic heterocycles. The highest BCUT2D eigenvalue weighted by molar-refractivity contribution is 7.22. The summed E-state index contributed by atoms with van der Waals surface area (Å²) in [5.74, 6) is 0.513. The molecule has 2 N–H and O–H groups in total. The molecule has 0 atom stereocenters. The molecule has 0 saturated carbocycles. The Morgan fingerprint density at radius 3 is 2.91 bits per heavy atom. The Labute approximate surface area is 192 Å². The lowest BCUT2D eigenvalue weighted by Crippen LogP contribution is -2.21. The van der Waals surface area contributed by atoms with Gasteiger partial charge in [0.15, 0.2) is 0 Å². The highest BCUT2D eigenvalue weighted by Crippen LogP contribution is 2.38. The molecule has 0 bridgehead atoms. The molecule has 156 valence electrons. The van der Waals surface area contributed by atoms with E-state index in [1.807, 2.05) is 36.4 Å². The molecule has 1 aliphatic rings. The van der Waals surface area contributed by atoms with Crippen molar-refractivity contribution in [2.45, 2.75) is 0 Å². The molecule has 1 amide bonds. The van der Waals surface area contributed by atoms with Crippen LogP contribution in [0.5, 0.6) is 5.75 Å². The van der Waals surface area contributed by atoms with Gasteiger partial charge < -0.3 is 10.1 Å². The van der Waals surface area contributed by atoms with Crippen LogP contribution in [0.2, 0.25) is 5.02 Å². The summed E-state index contributed by atoms with van der Waals surface area (Å²) in [7, 11) is 0. The Balaban J connectivity index is 1.37. The first-order valence-electron chi connectivity index (χ1n) is 10.0. The van der Waals surface area contributed by atoms with Crippen LogP contribution in [0.1, 0.15) is 5.56 Å². The molecule has 32 heavy (non-hydrogen) atoms. The summed E-state index contributed by atoms with van der Waals surface area (Å²) in [4.78, 5) is 14.1. The van der Waals surface area contributed by atoms with Gasteiger partial charge in [-0.25, -0.2) is 0 Å². The number of thiophene rings is 1. The molecule has 0 unspecified atom stereocenters. The Bertz CT molecular complexity index is 1520. The first-order valence-corrected chi connectivity index (χ1v) is 11.2. The number of nitrogens with one attached hydrogen (secondary N) is 2. The number of H-pyrrole nitrogens is 1. The third kappa shape index (κ3) is 3.34. The molecule has 7 heteroatoms. The van der Waals surface area contributed by atoms with Crippen molar-refractivity contribution in [3.8, 4) is 16.2 Å². The number of benzene rings is 3. The zero-order valence-corrected chi connectivity index (χ0v) is 18.3. The van der Waals surface area contributed by atoms with Gasteiger partial charge in [0.2, 0.25) is 0 Å². The number of ether oxygens (including phenoxy) is 1. The molecule has 2 aromatic heterocycles. The summed E-state index contributed by atoms with van der Waals surface area (Å²) in [5, 5.41) is 13.0. The van der Waals surface area contributed by atoms with Gasteiger partial charge in [-0.3, -0.25) is 9.89 Å². The summed E-state index contributed by atoms with van der Waals surface area (Å²) >= 11 is 7.80. The van der Waals surface area contributed by atoms with E-state index in [4.69, 9.17) is 16.3 Å². The summed E-state index contributed by atoms with van der Waals surface area (Å²) in [5.41, 5.74) is 3.98. The van der Waals surface area contributed by atoms with E-state index in [0.717, 1.165) is 32.7 Å². The van der Waals surface area contributed by atoms with E-state index in [2.05, 4.69) is 33.7 Å². The van der Waals surface area contributed by atoms with Crippen LogP contribution in [0.4, 0.5) is 5.69 Å². The Hall–Kier alpha value is -3.61. The minimum atomic E-state index is -0.208. The average molecular weight is 458 g/mol. The number of amides is 1. The van der Waals surface area contributed by atoms with Gasteiger partial charge in [0, 0.05) is 36.8 Å². The second-order valence-corrected chi connectivity index (χ2v) is 9.12. The third-order valence-electron chi connectivity index (χ3n) is 5.47. The minimum absolute atomic E-state index is 0.206. The lowest BCUT2D eigenvalue weighted by Gasteiger charge is -2.18. The number of anilines is 1. The number of nitrogens with zero attached hydrogens (tertiary/aromatic N) is 1. The molecule has 3 aromatic carbocycles. The van der Waals surface area contributed by atoms with Crippen LogP contribution >= 0.6 is 22.9 Å². The minimum Gasteiger partial charge on any atom is -0.488 e. The standard InChI is InChI=1S/C25H16ClN3O2S/c26-18-5-6-21-15(8-18)7-17(13-31-21)25(30)28-19-9-16-12-27-29-24(16)20(11-19)23-10-14-3-1-2-4-22(14)32-23/h1-12H,13H2,(H,27,29)(H,28,30). The number of carbonyl (C=O) groups is 1. The normalized spacial score (nSPS) is 13.0. The first kappa shape index (κ1) is 19.1. The molecule has 0 fully saturated rings. The predicted molar refractivity (Wildman–Crippen MR) is 130 cm³/mol. The van der Waals surface area contributed by atoms with Crippen LogP contribution in [0, 0.1) is 0 Å². The van der Waals surface area contributed by atoms with Gasteiger partial charge in [0.05, 0.1) is 17.3 Å². The molecular formula is C25H16ClN3O2S. The third-order valence-corrected chi connectivity index (χ3v) is 6.86. The summed E-state index contributed by atoms with van der Waals surface area (Å²) in [6.07, 6.45) is 3.59. The van der Waals surface area contributed by atoms with Crippen molar-refractivity contribution in [2.24, 2.45) is 0 Å². The summed E-state index contributed by atoms with van der Waals surface area (Å²) in [6, 6.07) is 19.7. The lowest BCUT2D eigenvalue weighted by molar-refractivity contribution is -0.113. The fourth-order valence-corrected chi connectivity index (χ4v) is 5.20. The molecule has 3 heterocycles. The van der Waals surface area contributed by atoms with Gasteiger partial charge in [-0.05, 0) is 53.9 Å². The van der Waals surface area contributed by atoms with Gasteiger partial charge in [0.25, 0.3) is 5.91 Å². The van der Waals surface area contributed by atoms with E-state index in [9.17, 15) is 4.79 Å². The van der Waals surface area contributed by atoms with Crippen molar-refractivity contribution in [1.82, 2.24) is 10.2 Å². The van der Waals surface area contributed by atoms with E-state index >= 15 is 0 Å². The van der Waals surface area contributed by atoms with Crippen LogP contribution in [-0.2, 0) is 4.79 Å². The monoisotopic (exact) mass is 457 g/mol. The average Bonchev–Trinajstić information content (AvgIpc) is 3.45. The SMILES string of the molecule is O=C(Nc1cc(-c2cc3ccccc3s2)c2[nH]ncc2c1)C1=Cc2cc(Cl)ccc2OC1. The number of fused-ring (bicyclic) bond motifs is 3. The zero-order chi connectivity index (χ0) is 21.7. The molecule has 5 aromatic rings. The van der Waals surface area contributed by atoms with E-state index < -0.39 is 0 Å². The number of carbonyl (C=O) groups excluding carboxylic acids is 1. The van der Waals surface area contributed by atoms with E-state index in [1.165, 1.54) is 10.1 Å². The van der Waals surface area contributed by atoms with E-state index in [-0.39, 0.29) is 12.5 Å². The van der Waals surface area contributed by atoms with Crippen LogP contribution in [0.25, 0.3) is 37.5 Å². The molecule has 5 nitrogen and oxygen atoms in total. The number of aromatic nitrogens is 2. The van der Waals surface area contributed by atoms with E-state index in [1.54, 1.807) is 29.7 Å². The van der Waals surface area contributed by atoms with Gasteiger partial charge in [-0.2, -0.15) is 5.10 Å². The maximum absolute atomic E-state index is 13.0. The van der Waals surface area contributed by atoms with Crippen LogP contribution < -0.4 is 10.1 Å². The lowest BCUT2D eigenvalue weighted by atomic mass is 10.1. The molecule has 0 spiro atoms. The van der Waals surface area contributed by atoms with Crippen molar-refractivity contribution in [3.05, 3.63) is 83.0 Å². The number of aromatic amines is 1. The van der Waals surface area contributed by atoms with Crippen molar-refractivity contribution in [1.29, 1.82) is 0 Å². The topological polar surface area (TPSA) is 67.0 Å². The van der Waals surface area contributed by atoms with Gasteiger partial charge in [-0.1, -0.05) is 29.8 Å². The smallest absolute Gasteiger partial charge is 0.255 e. The van der Waals surface area contributed by atoms with Gasteiger partial charge >= 0.3 is 0 Å². The first-order chi connectivity index (χ1) is 15.6. The van der Waals surface area contributed by atoms with Crippen molar-refractivity contribution >= 4 is 61.6 Å². The summed E-state index contributed by atoms with van der Waals surface area (Å²) in [6.45, 7) is 0.206. The largest absolute Gasteiger partial charge is 0.488 e. The van der Waals surface area contributed by atoms with Crippen LogP contribution in [-0.4, -0.2) is 22.7 Å². The van der Waals surface area contributed by atoms with Gasteiger partial charge in [0.1, 0.15) is 12.4 Å². The fourth-order valence-electron chi connectivity index (χ4n) is 3.93. The second-order valence-electron chi connectivity index (χ2n) is 7.60. The predicted octanol–water partition coefficient (Wildman–Crippen LogP) is 6.51. The molecule has 0 aliphatic carbocycles. The van der Waals surface area contributed by atoms with Crippen molar-refractivity contribution in [3.63, 3.8) is 0 Å². The van der Waals surface area contributed by atoms with Crippen molar-refractivity contribution < 1.29 is 9.53 Å². The highest BCUT2D eigenvalue weighted by Gasteiger charge is 2.19. The van der Waals surface area contributed by atoms with Crippen LogP contribution in [0.15, 0.2) is 72.4 Å². The van der Waals surface area contributed by atoms with Crippen molar-refractivity contribution in [2.75, 3.05) is 11.9 Å². The number of hydrogen-bond donors (Lipinski definition) is 2. The molecule has 0 saturated heterocycles. The van der Waals surface area contributed by atoms with Gasteiger partial charge in [-0.15, -0.1) is 11.3 Å². The molecule has 0 radical (unpaired) electrons. The number of hydrogen-bond acceptors (Lipinski definition) is 4. The highest BCUT2D eigenvalue weighted by atomic mass is 35.5. The Kier molecular flexibility index (Phi) is 4.48. The Morgan fingerprint density at radius 1 is 1.09 bits per heavy atom. The maximum atomic E-state index is 13.0. The van der Waals surface area contributed by atoms with E-state index in [0.29, 0.717) is 16.3 Å². The quantitative estimate of drug-likeness (QED) is 0.324. The summed E-state index contributed by atoms with van der Waals surface area (Å²) < 4.78 is 6.95. The fraction of sp³-hybridized carbons (Fsp3) is 0.0400.